The van der Waals surface area contributed by atoms with E-state index in [-0.39, 0.29) is 6.42 Å². The Hall–Kier alpha value is -1.35. The van der Waals surface area contributed by atoms with Gasteiger partial charge < -0.3 is 10.2 Å². The number of hydrogen-bond acceptors (Lipinski definition) is 2. The predicted molar refractivity (Wildman–Crippen MR) is 80.6 cm³/mol. The molecule has 0 saturated carbocycles. The van der Waals surface area contributed by atoms with E-state index in [1.54, 1.807) is 0 Å². The van der Waals surface area contributed by atoms with E-state index >= 15 is 0 Å². The van der Waals surface area contributed by atoms with Crippen LogP contribution in [0.15, 0.2) is 24.3 Å². The molecule has 0 aromatic heterocycles. The van der Waals surface area contributed by atoms with Crippen molar-refractivity contribution in [1.29, 1.82) is 0 Å². The number of aliphatic hydroxyl groups excluding tert-OH is 1. The van der Waals surface area contributed by atoms with Gasteiger partial charge in [0.15, 0.2) is 0 Å². The third-order valence-corrected chi connectivity index (χ3v) is 2.71. The van der Waals surface area contributed by atoms with Crippen molar-refractivity contribution in [2.45, 2.75) is 52.9 Å². The van der Waals surface area contributed by atoms with Crippen molar-refractivity contribution in [1.82, 2.24) is 0 Å². The Morgan fingerprint density at radius 1 is 1.26 bits per heavy atom. The van der Waals surface area contributed by atoms with Crippen molar-refractivity contribution < 1.29 is 15.0 Å². The lowest BCUT2D eigenvalue weighted by atomic mass is 9.91. The van der Waals surface area contributed by atoms with Gasteiger partial charge >= 0.3 is 5.97 Å². The molecule has 3 heteroatoms. The van der Waals surface area contributed by atoms with Crippen molar-refractivity contribution in [3.8, 4) is 0 Å². The molecule has 0 saturated heterocycles. The number of benzene rings is 1. The number of hydrogen-bond donors (Lipinski definition) is 2. The molecule has 1 rings (SSSR count). The van der Waals surface area contributed by atoms with Gasteiger partial charge in [0, 0.05) is 13.5 Å². The van der Waals surface area contributed by atoms with E-state index in [9.17, 15) is 4.79 Å². The molecule has 2 N–H and O–H groups in total. The zero-order chi connectivity index (χ0) is 15.3. The van der Waals surface area contributed by atoms with Crippen molar-refractivity contribution in [3.63, 3.8) is 0 Å². The van der Waals surface area contributed by atoms with Crippen LogP contribution >= 0.6 is 0 Å². The zero-order valence-corrected chi connectivity index (χ0v) is 12.8. The Bertz CT molecular complexity index is 335. The quantitative estimate of drug-likeness (QED) is 0.849. The Balaban J connectivity index is 0. The van der Waals surface area contributed by atoms with Crippen LogP contribution in [0.5, 0.6) is 0 Å². The molecule has 0 aliphatic heterocycles. The monoisotopic (exact) mass is 268 g/mol. The van der Waals surface area contributed by atoms with Gasteiger partial charge in [0.1, 0.15) is 0 Å². The van der Waals surface area contributed by atoms with Gasteiger partial charge in [-0.05, 0) is 31.2 Å². The first-order valence-corrected chi connectivity index (χ1v) is 6.86. The fourth-order valence-corrected chi connectivity index (χ4v) is 1.83. The molecule has 0 radical (unpaired) electrons. The second-order valence-corrected chi connectivity index (χ2v) is 3.95. The summed E-state index contributed by atoms with van der Waals surface area (Å²) in [6.07, 6.45) is 1.98. The summed E-state index contributed by atoms with van der Waals surface area (Å²) < 4.78 is 0. The SMILES string of the molecule is CC.CCC(CCC(=O)O)c1cccc(C)c1.CO. The van der Waals surface area contributed by atoms with Crippen molar-refractivity contribution in [2.75, 3.05) is 7.11 Å². The van der Waals surface area contributed by atoms with Crippen LogP contribution < -0.4 is 0 Å². The number of carbonyl (C=O) groups is 1. The largest absolute Gasteiger partial charge is 0.481 e. The van der Waals surface area contributed by atoms with Crippen LogP contribution in [0.2, 0.25) is 0 Å². The van der Waals surface area contributed by atoms with Gasteiger partial charge in [-0.25, -0.2) is 0 Å². The summed E-state index contributed by atoms with van der Waals surface area (Å²) in [6.45, 7) is 8.17. The van der Waals surface area contributed by atoms with Gasteiger partial charge in [-0.15, -0.1) is 0 Å². The van der Waals surface area contributed by atoms with Crippen LogP contribution in [0, 0.1) is 6.92 Å². The molecular formula is C16H28O3. The number of carboxylic acid groups (broad SMARTS) is 1. The highest BCUT2D eigenvalue weighted by Gasteiger charge is 2.11. The smallest absolute Gasteiger partial charge is 0.303 e. The van der Waals surface area contributed by atoms with E-state index in [1.807, 2.05) is 19.9 Å². The number of aliphatic carboxylic acids is 1. The minimum absolute atomic E-state index is 0.256. The molecule has 3 nitrogen and oxygen atoms in total. The lowest BCUT2D eigenvalue weighted by Gasteiger charge is -2.14. The number of aryl methyl sites for hydroxylation is 1. The molecule has 1 atom stereocenters. The van der Waals surface area contributed by atoms with Crippen LogP contribution in [-0.2, 0) is 4.79 Å². The van der Waals surface area contributed by atoms with Gasteiger partial charge in [-0.1, -0.05) is 50.6 Å². The molecule has 0 aliphatic rings. The first kappa shape index (κ1) is 20.0. The van der Waals surface area contributed by atoms with E-state index in [4.69, 9.17) is 10.2 Å². The highest BCUT2D eigenvalue weighted by atomic mass is 16.4. The Morgan fingerprint density at radius 3 is 2.26 bits per heavy atom. The van der Waals surface area contributed by atoms with E-state index in [2.05, 4.69) is 32.0 Å². The lowest BCUT2D eigenvalue weighted by molar-refractivity contribution is -0.137. The Kier molecular flexibility index (Phi) is 13.8. The molecule has 1 unspecified atom stereocenters. The Morgan fingerprint density at radius 2 is 1.84 bits per heavy atom. The lowest BCUT2D eigenvalue weighted by Crippen LogP contribution is -2.02. The average Bonchev–Trinajstić information content (AvgIpc) is 2.44. The highest BCUT2D eigenvalue weighted by Crippen LogP contribution is 2.25. The normalized spacial score (nSPS) is 10.4. The van der Waals surface area contributed by atoms with Crippen LogP contribution in [-0.4, -0.2) is 23.3 Å². The maximum Gasteiger partial charge on any atom is 0.303 e. The molecule has 0 heterocycles. The molecule has 0 spiro atoms. The third-order valence-electron chi connectivity index (χ3n) is 2.71. The fraction of sp³-hybridized carbons (Fsp3) is 0.562. The van der Waals surface area contributed by atoms with E-state index in [0.29, 0.717) is 5.92 Å². The molecular weight excluding hydrogens is 240 g/mol. The molecule has 1 aromatic carbocycles. The molecule has 19 heavy (non-hydrogen) atoms. The number of aliphatic hydroxyl groups is 1. The van der Waals surface area contributed by atoms with Gasteiger partial charge in [-0.3, -0.25) is 4.79 Å². The average molecular weight is 268 g/mol. The molecule has 0 aliphatic carbocycles. The van der Waals surface area contributed by atoms with Crippen molar-refractivity contribution in [2.24, 2.45) is 0 Å². The van der Waals surface area contributed by atoms with Crippen molar-refractivity contribution >= 4 is 5.97 Å². The zero-order valence-electron chi connectivity index (χ0n) is 12.8. The summed E-state index contributed by atoms with van der Waals surface area (Å²) in [5.41, 5.74) is 2.50. The third kappa shape index (κ3) is 9.25. The second kappa shape index (κ2) is 13.1. The summed E-state index contributed by atoms with van der Waals surface area (Å²) in [6, 6.07) is 8.33. The first-order chi connectivity index (χ1) is 9.13. The first-order valence-electron chi connectivity index (χ1n) is 6.86. The summed E-state index contributed by atoms with van der Waals surface area (Å²) >= 11 is 0. The topological polar surface area (TPSA) is 57.5 Å². The van der Waals surface area contributed by atoms with Gasteiger partial charge in [0.2, 0.25) is 0 Å². The maximum absolute atomic E-state index is 10.5. The molecule has 0 fully saturated rings. The summed E-state index contributed by atoms with van der Waals surface area (Å²) in [7, 11) is 1.00. The van der Waals surface area contributed by atoms with Crippen molar-refractivity contribution in [3.05, 3.63) is 35.4 Å². The van der Waals surface area contributed by atoms with E-state index in [1.165, 1.54) is 11.1 Å². The van der Waals surface area contributed by atoms with Gasteiger partial charge in [-0.2, -0.15) is 0 Å². The summed E-state index contributed by atoms with van der Waals surface area (Å²) in [4.78, 5) is 10.5. The minimum Gasteiger partial charge on any atom is -0.481 e. The predicted octanol–water partition coefficient (Wildman–Crippen LogP) is 3.99. The minimum atomic E-state index is -0.707. The van der Waals surface area contributed by atoms with Crippen LogP contribution in [0.1, 0.15) is 57.1 Å². The standard InChI is InChI=1S/C13H18O2.C2H6.CH4O/c1-3-11(7-8-13(14)15)12-6-4-5-10(2)9-12;2*1-2/h4-6,9,11H,3,7-8H2,1-2H3,(H,14,15);1-2H3;2H,1H3. The molecule has 0 amide bonds. The fourth-order valence-electron chi connectivity index (χ4n) is 1.83. The van der Waals surface area contributed by atoms with Gasteiger partial charge in [0.05, 0.1) is 0 Å². The second-order valence-electron chi connectivity index (χ2n) is 3.95. The number of rotatable bonds is 5. The highest BCUT2D eigenvalue weighted by molar-refractivity contribution is 5.66. The molecule has 0 bridgehead atoms. The van der Waals surface area contributed by atoms with Crippen LogP contribution in [0.4, 0.5) is 0 Å². The Labute approximate surface area is 117 Å². The summed E-state index contributed by atoms with van der Waals surface area (Å²) in [5.74, 6) is -0.331. The van der Waals surface area contributed by atoms with Crippen LogP contribution in [0.25, 0.3) is 0 Å². The maximum atomic E-state index is 10.5. The number of carboxylic acids is 1. The molecule has 110 valence electrons. The summed E-state index contributed by atoms with van der Waals surface area (Å²) in [5, 5.41) is 15.7. The van der Waals surface area contributed by atoms with E-state index < -0.39 is 5.97 Å². The van der Waals surface area contributed by atoms with Crippen LogP contribution in [0.3, 0.4) is 0 Å². The molecule has 1 aromatic rings. The van der Waals surface area contributed by atoms with E-state index in [0.717, 1.165) is 20.0 Å². The van der Waals surface area contributed by atoms with Gasteiger partial charge in [0.25, 0.3) is 0 Å².